The first kappa shape index (κ1) is 17.0. The molecule has 0 aliphatic heterocycles. The summed E-state index contributed by atoms with van der Waals surface area (Å²) in [4.78, 5) is 34.7. The topological polar surface area (TPSA) is 78.9 Å². The van der Waals surface area contributed by atoms with Gasteiger partial charge in [0.15, 0.2) is 0 Å². The minimum Gasteiger partial charge on any atom is -0.469 e. The smallest absolute Gasteiger partial charge is 0.414 e. The summed E-state index contributed by atoms with van der Waals surface area (Å²) in [5.41, 5.74) is -2.35. The molecule has 0 spiro atoms. The van der Waals surface area contributed by atoms with Crippen LogP contribution in [0.1, 0.15) is 6.92 Å². The third-order valence-electron chi connectivity index (χ3n) is 2.95. The summed E-state index contributed by atoms with van der Waals surface area (Å²) in [5.74, 6) is -7.32. The van der Waals surface area contributed by atoms with Crippen LogP contribution in [-0.4, -0.2) is 44.9 Å². The molecule has 0 aromatic heterocycles. The van der Waals surface area contributed by atoms with Crippen molar-refractivity contribution in [3.05, 3.63) is 11.1 Å². The second-order valence-corrected chi connectivity index (χ2v) is 4.05. The lowest BCUT2D eigenvalue weighted by Crippen LogP contribution is -2.49. The number of carbonyl (C=O) groups excluding carboxylic acids is 3. The van der Waals surface area contributed by atoms with Gasteiger partial charge in [0.2, 0.25) is 0 Å². The molecule has 0 bridgehead atoms. The van der Waals surface area contributed by atoms with Crippen molar-refractivity contribution >= 4 is 17.9 Å². The fourth-order valence-electron chi connectivity index (χ4n) is 2.11. The zero-order valence-electron chi connectivity index (χ0n) is 11.4. The van der Waals surface area contributed by atoms with Crippen LogP contribution >= 0.6 is 0 Å². The Bertz CT molecular complexity index is 494. The first-order valence-corrected chi connectivity index (χ1v) is 5.84. The third-order valence-corrected chi connectivity index (χ3v) is 2.95. The number of esters is 3. The maximum Gasteiger partial charge on any atom is 0.414 e. The molecule has 1 aliphatic carbocycles. The van der Waals surface area contributed by atoms with Crippen molar-refractivity contribution in [2.45, 2.75) is 13.1 Å². The van der Waals surface area contributed by atoms with Gasteiger partial charge < -0.3 is 14.2 Å². The minimum atomic E-state index is -4.97. The SMILES string of the molecule is CCOC(=O)[C@@H]1C(C(F)(F)F)=C(C(=O)OC)[C@H]1C(=O)OC. The highest BCUT2D eigenvalue weighted by molar-refractivity contribution is 6.04. The Labute approximate surface area is 117 Å². The predicted octanol–water partition coefficient (Wildman–Crippen LogP) is 1.00. The fourth-order valence-corrected chi connectivity index (χ4v) is 2.11. The molecule has 9 heteroatoms. The molecular formula is C12H13F3O6. The van der Waals surface area contributed by atoms with Gasteiger partial charge in [-0.15, -0.1) is 0 Å². The van der Waals surface area contributed by atoms with Crippen molar-refractivity contribution in [2.24, 2.45) is 11.8 Å². The molecule has 0 radical (unpaired) electrons. The molecule has 1 aliphatic rings. The summed E-state index contributed by atoms with van der Waals surface area (Å²) in [5, 5.41) is 0. The number of halogens is 3. The van der Waals surface area contributed by atoms with E-state index >= 15 is 0 Å². The van der Waals surface area contributed by atoms with Crippen molar-refractivity contribution in [2.75, 3.05) is 20.8 Å². The molecule has 1 rings (SSSR count). The standard InChI is InChI=1S/C12H13F3O6/c1-4-21-11(18)7-5(9(16)19-2)6(10(17)20-3)8(7)12(13,14)15/h5,7H,4H2,1-3H3/t5-,7+/m1/s1. The van der Waals surface area contributed by atoms with E-state index < -0.39 is 47.1 Å². The number of alkyl halides is 3. The van der Waals surface area contributed by atoms with Crippen LogP contribution in [0.5, 0.6) is 0 Å². The molecule has 118 valence electrons. The van der Waals surface area contributed by atoms with E-state index in [1.54, 1.807) is 0 Å². The van der Waals surface area contributed by atoms with Crippen LogP contribution in [0, 0.1) is 11.8 Å². The first-order chi connectivity index (χ1) is 9.70. The van der Waals surface area contributed by atoms with Crippen LogP contribution < -0.4 is 0 Å². The molecule has 0 aromatic carbocycles. The highest BCUT2D eigenvalue weighted by Gasteiger charge is 2.61. The molecule has 2 atom stereocenters. The maximum absolute atomic E-state index is 13.0. The van der Waals surface area contributed by atoms with Gasteiger partial charge in [-0.2, -0.15) is 13.2 Å². The van der Waals surface area contributed by atoms with Crippen LogP contribution in [0.15, 0.2) is 11.1 Å². The second kappa shape index (κ2) is 6.15. The Morgan fingerprint density at radius 1 is 1.05 bits per heavy atom. The van der Waals surface area contributed by atoms with Crippen molar-refractivity contribution in [3.8, 4) is 0 Å². The summed E-state index contributed by atoms with van der Waals surface area (Å²) in [6, 6.07) is 0. The molecule has 6 nitrogen and oxygen atoms in total. The number of rotatable bonds is 4. The van der Waals surface area contributed by atoms with Gasteiger partial charge in [-0.1, -0.05) is 0 Å². The van der Waals surface area contributed by atoms with Crippen LogP contribution in [0.3, 0.4) is 0 Å². The van der Waals surface area contributed by atoms with Gasteiger partial charge in [-0.25, -0.2) is 4.79 Å². The summed E-state index contributed by atoms with van der Waals surface area (Å²) in [7, 11) is 1.81. The van der Waals surface area contributed by atoms with Crippen molar-refractivity contribution < 1.29 is 41.8 Å². The van der Waals surface area contributed by atoms with E-state index in [1.807, 2.05) is 0 Å². The van der Waals surface area contributed by atoms with Gasteiger partial charge in [0, 0.05) is 0 Å². The molecule has 0 heterocycles. The largest absolute Gasteiger partial charge is 0.469 e. The molecule has 0 fully saturated rings. The van der Waals surface area contributed by atoms with Gasteiger partial charge in [0.05, 0.1) is 32.0 Å². The van der Waals surface area contributed by atoms with E-state index in [4.69, 9.17) is 0 Å². The number of hydrogen-bond acceptors (Lipinski definition) is 6. The first-order valence-electron chi connectivity index (χ1n) is 5.84. The van der Waals surface area contributed by atoms with E-state index in [1.165, 1.54) is 6.92 Å². The Balaban J connectivity index is 3.38. The molecule has 0 unspecified atom stereocenters. The summed E-state index contributed by atoms with van der Waals surface area (Å²) in [6.45, 7) is 1.24. The average molecular weight is 310 g/mol. The molecular weight excluding hydrogens is 297 g/mol. The Morgan fingerprint density at radius 3 is 2.00 bits per heavy atom. The zero-order chi connectivity index (χ0) is 16.4. The molecule has 0 N–H and O–H groups in total. The lowest BCUT2D eigenvalue weighted by Gasteiger charge is -2.37. The van der Waals surface area contributed by atoms with Crippen molar-refractivity contribution in [1.82, 2.24) is 0 Å². The minimum absolute atomic E-state index is 0.165. The van der Waals surface area contributed by atoms with Crippen LogP contribution in [0.4, 0.5) is 13.2 Å². The molecule has 21 heavy (non-hydrogen) atoms. The second-order valence-electron chi connectivity index (χ2n) is 4.05. The van der Waals surface area contributed by atoms with Crippen LogP contribution in [0.25, 0.3) is 0 Å². The van der Waals surface area contributed by atoms with Crippen molar-refractivity contribution in [1.29, 1.82) is 0 Å². The van der Waals surface area contributed by atoms with E-state index in [0.29, 0.717) is 0 Å². The zero-order valence-corrected chi connectivity index (χ0v) is 11.4. The lowest BCUT2D eigenvalue weighted by atomic mass is 9.67. The predicted molar refractivity (Wildman–Crippen MR) is 60.7 cm³/mol. The van der Waals surface area contributed by atoms with Gasteiger partial charge in [-0.05, 0) is 6.92 Å². The highest BCUT2D eigenvalue weighted by atomic mass is 19.4. The highest BCUT2D eigenvalue weighted by Crippen LogP contribution is 2.50. The number of ether oxygens (including phenoxy) is 3. The monoisotopic (exact) mass is 310 g/mol. The van der Waals surface area contributed by atoms with Gasteiger partial charge in [0.1, 0.15) is 11.8 Å². The Morgan fingerprint density at radius 2 is 1.62 bits per heavy atom. The Hall–Kier alpha value is -2.06. The molecule has 0 aromatic rings. The number of methoxy groups -OCH3 is 2. The summed E-state index contributed by atoms with van der Waals surface area (Å²) in [6.07, 6.45) is -4.97. The molecule has 0 saturated carbocycles. The average Bonchev–Trinajstić information content (AvgIpc) is 2.35. The van der Waals surface area contributed by atoms with Gasteiger partial charge in [-0.3, -0.25) is 9.59 Å². The summed E-state index contributed by atoms with van der Waals surface area (Å²) < 4.78 is 52.1. The third kappa shape index (κ3) is 3.01. The van der Waals surface area contributed by atoms with Gasteiger partial charge in [0.25, 0.3) is 0 Å². The van der Waals surface area contributed by atoms with E-state index in [0.717, 1.165) is 14.2 Å². The van der Waals surface area contributed by atoms with Crippen LogP contribution in [0.2, 0.25) is 0 Å². The fraction of sp³-hybridized carbons (Fsp3) is 0.583. The maximum atomic E-state index is 13.0. The van der Waals surface area contributed by atoms with E-state index in [-0.39, 0.29) is 6.61 Å². The summed E-state index contributed by atoms with van der Waals surface area (Å²) >= 11 is 0. The van der Waals surface area contributed by atoms with E-state index in [2.05, 4.69) is 14.2 Å². The van der Waals surface area contributed by atoms with E-state index in [9.17, 15) is 27.6 Å². The van der Waals surface area contributed by atoms with Crippen LogP contribution in [-0.2, 0) is 28.6 Å². The normalized spacial score (nSPS) is 21.4. The quantitative estimate of drug-likeness (QED) is 0.569. The number of carbonyl (C=O) groups is 3. The Kier molecular flexibility index (Phi) is 4.97. The number of hydrogen-bond donors (Lipinski definition) is 0. The molecule has 0 amide bonds. The molecule has 0 saturated heterocycles. The van der Waals surface area contributed by atoms with Crippen molar-refractivity contribution in [3.63, 3.8) is 0 Å². The lowest BCUT2D eigenvalue weighted by molar-refractivity contribution is -0.168. The van der Waals surface area contributed by atoms with Gasteiger partial charge >= 0.3 is 24.1 Å².